The lowest BCUT2D eigenvalue weighted by atomic mass is 10.1. The maximum atomic E-state index is 13.4. The van der Waals surface area contributed by atoms with E-state index in [0.29, 0.717) is 11.3 Å². The lowest BCUT2D eigenvalue weighted by Crippen LogP contribution is -2.52. The molecule has 7 nitrogen and oxygen atoms in total. The molecule has 0 spiro atoms. The molecule has 0 unspecified atom stereocenters. The highest BCUT2D eigenvalue weighted by atomic mass is 32.2. The molecule has 2 amide bonds. The van der Waals surface area contributed by atoms with Gasteiger partial charge in [0.25, 0.3) is 0 Å². The molecule has 0 fully saturated rings. The molecule has 0 aliphatic rings. The quantitative estimate of drug-likeness (QED) is 0.569. The number of benzene rings is 2. The molecule has 0 saturated heterocycles. The summed E-state index contributed by atoms with van der Waals surface area (Å²) in [6.45, 7) is 6.78. The van der Waals surface area contributed by atoms with Crippen molar-refractivity contribution in [1.29, 1.82) is 0 Å². The topological polar surface area (TPSA) is 86.8 Å². The second kappa shape index (κ2) is 11.3. The molecule has 33 heavy (non-hydrogen) atoms. The number of anilines is 1. The summed E-state index contributed by atoms with van der Waals surface area (Å²) in [6.07, 6.45) is 1.76. The van der Waals surface area contributed by atoms with Gasteiger partial charge in [0.1, 0.15) is 18.4 Å². The molecule has 0 bridgehead atoms. The Morgan fingerprint density at radius 1 is 1.09 bits per heavy atom. The first-order valence-corrected chi connectivity index (χ1v) is 12.7. The maximum absolute atomic E-state index is 13.4. The fourth-order valence-corrected chi connectivity index (χ4v) is 4.07. The van der Waals surface area contributed by atoms with Crippen LogP contribution in [-0.4, -0.2) is 50.0 Å². The van der Waals surface area contributed by atoms with Crippen molar-refractivity contribution in [2.24, 2.45) is 0 Å². The molecule has 2 atom stereocenters. The van der Waals surface area contributed by atoms with Crippen LogP contribution >= 0.6 is 0 Å². The highest BCUT2D eigenvalue weighted by Crippen LogP contribution is 2.20. The Morgan fingerprint density at radius 3 is 2.27 bits per heavy atom. The summed E-state index contributed by atoms with van der Waals surface area (Å²) in [4.78, 5) is 27.5. The monoisotopic (exact) mass is 477 g/mol. The molecule has 1 N–H and O–H groups in total. The van der Waals surface area contributed by atoms with Crippen LogP contribution in [0, 0.1) is 12.7 Å². The summed E-state index contributed by atoms with van der Waals surface area (Å²) >= 11 is 0. The van der Waals surface area contributed by atoms with Gasteiger partial charge in [-0.3, -0.25) is 13.9 Å². The van der Waals surface area contributed by atoms with Crippen molar-refractivity contribution in [3.63, 3.8) is 0 Å². The molecule has 0 heterocycles. The van der Waals surface area contributed by atoms with Gasteiger partial charge in [-0.1, -0.05) is 31.2 Å². The second-order valence-electron chi connectivity index (χ2n) is 8.25. The van der Waals surface area contributed by atoms with E-state index < -0.39 is 34.3 Å². The molecule has 0 aliphatic carbocycles. The molecule has 0 aliphatic heterocycles. The first-order valence-electron chi connectivity index (χ1n) is 10.8. The molecule has 2 rings (SSSR count). The van der Waals surface area contributed by atoms with Gasteiger partial charge in [0.15, 0.2) is 0 Å². The number of carbonyl (C=O) groups excluding carboxylic acids is 2. The Balaban J connectivity index is 2.37. The van der Waals surface area contributed by atoms with Gasteiger partial charge in [0.2, 0.25) is 21.8 Å². The van der Waals surface area contributed by atoms with Crippen LogP contribution in [0.3, 0.4) is 0 Å². The number of carbonyl (C=O) groups is 2. The molecule has 0 saturated carbocycles. The predicted octanol–water partition coefficient (Wildman–Crippen LogP) is 3.23. The zero-order valence-corrected chi connectivity index (χ0v) is 20.5. The van der Waals surface area contributed by atoms with E-state index in [4.69, 9.17) is 0 Å². The van der Waals surface area contributed by atoms with Crippen LogP contribution in [0.2, 0.25) is 0 Å². The number of amides is 2. The molecule has 2 aromatic rings. The van der Waals surface area contributed by atoms with Crippen molar-refractivity contribution in [2.45, 2.75) is 52.7 Å². The minimum Gasteiger partial charge on any atom is -0.352 e. The third-order valence-corrected chi connectivity index (χ3v) is 6.54. The Labute approximate surface area is 195 Å². The van der Waals surface area contributed by atoms with E-state index >= 15 is 0 Å². The summed E-state index contributed by atoms with van der Waals surface area (Å²) in [5.41, 5.74) is 1.83. The summed E-state index contributed by atoms with van der Waals surface area (Å²) in [5, 5.41) is 2.86. The Hall–Kier alpha value is -2.94. The van der Waals surface area contributed by atoms with E-state index in [1.54, 1.807) is 25.1 Å². The number of nitrogens with one attached hydrogen (secondary N) is 1. The zero-order valence-electron chi connectivity index (χ0n) is 19.7. The van der Waals surface area contributed by atoms with Gasteiger partial charge < -0.3 is 10.2 Å². The van der Waals surface area contributed by atoms with Gasteiger partial charge in [0, 0.05) is 12.6 Å². The van der Waals surface area contributed by atoms with E-state index in [0.717, 1.165) is 22.5 Å². The first-order chi connectivity index (χ1) is 15.4. The number of hydrogen-bond acceptors (Lipinski definition) is 4. The van der Waals surface area contributed by atoms with Crippen LogP contribution in [-0.2, 0) is 26.2 Å². The average molecular weight is 478 g/mol. The Bertz CT molecular complexity index is 1070. The molecule has 9 heteroatoms. The molecule has 0 radical (unpaired) electrons. The summed E-state index contributed by atoms with van der Waals surface area (Å²) in [6, 6.07) is 11.5. The van der Waals surface area contributed by atoms with E-state index in [2.05, 4.69) is 5.32 Å². The second-order valence-corrected chi connectivity index (χ2v) is 10.2. The SMILES string of the molecule is CC[C@@H](C)NC(=O)[C@H](C)N(Cc1ccc(F)cc1)C(=O)CN(c1cccc(C)c1)S(C)(=O)=O. The lowest BCUT2D eigenvalue weighted by molar-refractivity contribution is -0.139. The van der Waals surface area contributed by atoms with Crippen molar-refractivity contribution in [3.05, 3.63) is 65.5 Å². The number of rotatable bonds is 10. The number of halogens is 1. The van der Waals surface area contributed by atoms with Crippen molar-refractivity contribution < 1.29 is 22.4 Å². The Kier molecular flexibility index (Phi) is 8.99. The summed E-state index contributed by atoms with van der Waals surface area (Å²) in [5.74, 6) is -1.30. The van der Waals surface area contributed by atoms with E-state index in [-0.39, 0.29) is 18.5 Å². The number of nitrogens with zero attached hydrogens (tertiary/aromatic N) is 2. The molecule has 0 aromatic heterocycles. The Morgan fingerprint density at radius 2 is 1.73 bits per heavy atom. The van der Waals surface area contributed by atoms with Gasteiger partial charge in [-0.05, 0) is 62.6 Å². The molecule has 180 valence electrons. The number of sulfonamides is 1. The standard InChI is InChI=1S/C24H32FN3O4S/c1-6-18(3)26-24(30)19(4)27(15-20-10-12-21(25)13-11-20)23(29)16-28(33(5,31)32)22-9-7-8-17(2)14-22/h7-14,18-19H,6,15-16H2,1-5H3,(H,26,30)/t18-,19+/m1/s1. The first kappa shape index (κ1) is 26.3. The van der Waals surface area contributed by atoms with Crippen LogP contribution in [0.15, 0.2) is 48.5 Å². The van der Waals surface area contributed by atoms with Gasteiger partial charge >= 0.3 is 0 Å². The fraction of sp³-hybridized carbons (Fsp3) is 0.417. The minimum atomic E-state index is -3.77. The van der Waals surface area contributed by atoms with Crippen LogP contribution in [0.4, 0.5) is 10.1 Å². The van der Waals surface area contributed by atoms with Crippen molar-refractivity contribution in [3.8, 4) is 0 Å². The smallest absolute Gasteiger partial charge is 0.244 e. The largest absolute Gasteiger partial charge is 0.352 e. The van der Waals surface area contributed by atoms with Gasteiger partial charge in [-0.25, -0.2) is 12.8 Å². The van der Waals surface area contributed by atoms with Crippen LogP contribution in [0.1, 0.15) is 38.3 Å². The minimum absolute atomic E-state index is 0.0274. The van der Waals surface area contributed by atoms with Gasteiger partial charge in [0.05, 0.1) is 11.9 Å². The third kappa shape index (κ3) is 7.56. The van der Waals surface area contributed by atoms with Crippen LogP contribution in [0.25, 0.3) is 0 Å². The predicted molar refractivity (Wildman–Crippen MR) is 128 cm³/mol. The highest BCUT2D eigenvalue weighted by Gasteiger charge is 2.30. The van der Waals surface area contributed by atoms with Crippen molar-refractivity contribution in [1.82, 2.24) is 10.2 Å². The zero-order chi connectivity index (χ0) is 24.8. The van der Waals surface area contributed by atoms with Gasteiger partial charge in [-0.2, -0.15) is 0 Å². The number of aryl methyl sites for hydroxylation is 1. The van der Waals surface area contributed by atoms with E-state index in [9.17, 15) is 22.4 Å². The lowest BCUT2D eigenvalue weighted by Gasteiger charge is -2.32. The fourth-order valence-electron chi connectivity index (χ4n) is 3.23. The summed E-state index contributed by atoms with van der Waals surface area (Å²) < 4.78 is 39.4. The normalized spacial score (nSPS) is 13.2. The number of hydrogen-bond donors (Lipinski definition) is 1. The highest BCUT2D eigenvalue weighted by molar-refractivity contribution is 7.92. The van der Waals surface area contributed by atoms with Gasteiger partial charge in [-0.15, -0.1) is 0 Å². The van der Waals surface area contributed by atoms with Crippen LogP contribution < -0.4 is 9.62 Å². The third-order valence-electron chi connectivity index (χ3n) is 5.40. The van der Waals surface area contributed by atoms with E-state index in [1.165, 1.54) is 29.2 Å². The summed E-state index contributed by atoms with van der Waals surface area (Å²) in [7, 11) is -3.77. The average Bonchev–Trinajstić information content (AvgIpc) is 2.75. The maximum Gasteiger partial charge on any atom is 0.244 e. The molecular formula is C24H32FN3O4S. The van der Waals surface area contributed by atoms with E-state index in [1.807, 2.05) is 26.8 Å². The molecule has 2 aromatic carbocycles. The van der Waals surface area contributed by atoms with Crippen LogP contribution in [0.5, 0.6) is 0 Å². The molecular weight excluding hydrogens is 445 g/mol. The van der Waals surface area contributed by atoms with Crippen molar-refractivity contribution >= 4 is 27.5 Å². The van der Waals surface area contributed by atoms with Crippen molar-refractivity contribution in [2.75, 3.05) is 17.1 Å².